The molecule has 27 heavy (non-hydrogen) atoms. The number of nitrogens with zero attached hydrogens (tertiary/aromatic N) is 3. The Bertz CT molecular complexity index is 935. The minimum absolute atomic E-state index is 0.121. The molecule has 0 atom stereocenters. The standard InChI is InChI=1S/C17H17ClFN3O3S2/c18-13-4-3-7-20-17(13)26-12-16(23)21-8-10-22(11-9-21)27(24,25)15-6-2-1-5-14(15)19/h1-7H,8-12H2. The summed E-state index contributed by atoms with van der Waals surface area (Å²) in [6, 6.07) is 8.70. The van der Waals surface area contributed by atoms with E-state index in [2.05, 4.69) is 4.98 Å². The number of thioether (sulfide) groups is 1. The molecule has 0 radical (unpaired) electrons. The van der Waals surface area contributed by atoms with E-state index in [1.165, 1.54) is 34.3 Å². The first-order valence-corrected chi connectivity index (χ1v) is 11.0. The van der Waals surface area contributed by atoms with Gasteiger partial charge in [-0.05, 0) is 24.3 Å². The number of pyridine rings is 1. The fraction of sp³-hybridized carbons (Fsp3) is 0.294. The fourth-order valence-corrected chi connectivity index (χ4v) is 5.23. The lowest BCUT2D eigenvalue weighted by atomic mass is 10.3. The summed E-state index contributed by atoms with van der Waals surface area (Å²) in [7, 11) is -3.92. The van der Waals surface area contributed by atoms with Gasteiger partial charge in [0.25, 0.3) is 0 Å². The van der Waals surface area contributed by atoms with Crippen LogP contribution in [0.4, 0.5) is 4.39 Å². The van der Waals surface area contributed by atoms with Gasteiger partial charge in [-0.2, -0.15) is 4.31 Å². The minimum atomic E-state index is -3.92. The van der Waals surface area contributed by atoms with Crippen LogP contribution in [0.15, 0.2) is 52.5 Å². The van der Waals surface area contributed by atoms with Crippen molar-refractivity contribution >= 4 is 39.3 Å². The molecule has 2 aromatic rings. The molecular formula is C17H17ClFN3O3S2. The molecule has 144 valence electrons. The van der Waals surface area contributed by atoms with Crippen molar-refractivity contribution in [2.45, 2.75) is 9.92 Å². The topological polar surface area (TPSA) is 70.6 Å². The van der Waals surface area contributed by atoms with Crippen molar-refractivity contribution in [2.24, 2.45) is 0 Å². The highest BCUT2D eigenvalue weighted by Crippen LogP contribution is 2.25. The van der Waals surface area contributed by atoms with E-state index >= 15 is 0 Å². The third-order valence-corrected chi connectivity index (χ3v) is 7.44. The summed E-state index contributed by atoms with van der Waals surface area (Å²) < 4.78 is 40.2. The van der Waals surface area contributed by atoms with Gasteiger partial charge in [-0.3, -0.25) is 4.79 Å². The number of rotatable bonds is 5. The summed E-state index contributed by atoms with van der Waals surface area (Å²) in [5, 5.41) is 1.06. The molecule has 0 unspecified atom stereocenters. The molecule has 1 aliphatic rings. The van der Waals surface area contributed by atoms with E-state index in [-0.39, 0.29) is 42.7 Å². The molecule has 0 saturated carbocycles. The first kappa shape index (κ1) is 20.1. The first-order chi connectivity index (χ1) is 12.9. The van der Waals surface area contributed by atoms with E-state index in [9.17, 15) is 17.6 Å². The molecule has 3 rings (SSSR count). The summed E-state index contributed by atoms with van der Waals surface area (Å²) >= 11 is 7.26. The van der Waals surface area contributed by atoms with Gasteiger partial charge in [-0.25, -0.2) is 17.8 Å². The number of piperazine rings is 1. The van der Waals surface area contributed by atoms with Crippen LogP contribution in [0.3, 0.4) is 0 Å². The lowest BCUT2D eigenvalue weighted by molar-refractivity contribution is -0.129. The van der Waals surface area contributed by atoms with Crippen LogP contribution in [0, 0.1) is 5.82 Å². The van der Waals surface area contributed by atoms with Gasteiger partial charge in [-0.15, -0.1) is 0 Å². The maximum absolute atomic E-state index is 13.8. The van der Waals surface area contributed by atoms with Gasteiger partial charge in [0.05, 0.1) is 10.8 Å². The van der Waals surface area contributed by atoms with Gasteiger partial charge in [0.2, 0.25) is 15.9 Å². The van der Waals surface area contributed by atoms with E-state index in [0.717, 1.165) is 6.07 Å². The van der Waals surface area contributed by atoms with Crippen molar-refractivity contribution < 1.29 is 17.6 Å². The molecule has 0 aliphatic carbocycles. The number of hydrogen-bond acceptors (Lipinski definition) is 5. The monoisotopic (exact) mass is 429 g/mol. The molecular weight excluding hydrogens is 413 g/mol. The second kappa shape index (κ2) is 8.55. The number of aromatic nitrogens is 1. The van der Waals surface area contributed by atoms with Crippen LogP contribution in [0.2, 0.25) is 5.02 Å². The third-order valence-electron chi connectivity index (χ3n) is 4.10. The quantitative estimate of drug-likeness (QED) is 0.683. The van der Waals surface area contributed by atoms with Gasteiger partial charge < -0.3 is 4.90 Å². The van der Waals surface area contributed by atoms with Crippen LogP contribution in [-0.4, -0.2) is 60.4 Å². The second-order valence-corrected chi connectivity index (χ2v) is 9.07. The average molecular weight is 430 g/mol. The molecule has 1 saturated heterocycles. The Morgan fingerprint density at radius 3 is 2.52 bits per heavy atom. The number of sulfonamides is 1. The van der Waals surface area contributed by atoms with Crippen LogP contribution >= 0.6 is 23.4 Å². The zero-order chi connectivity index (χ0) is 19.4. The number of amides is 1. The van der Waals surface area contributed by atoms with E-state index < -0.39 is 15.8 Å². The molecule has 6 nitrogen and oxygen atoms in total. The van der Waals surface area contributed by atoms with Crippen LogP contribution in [0.5, 0.6) is 0 Å². The van der Waals surface area contributed by atoms with Gasteiger partial charge in [0.15, 0.2) is 0 Å². The summed E-state index contributed by atoms with van der Waals surface area (Å²) in [5.74, 6) is -0.735. The Kier molecular flexibility index (Phi) is 6.36. The predicted octanol–water partition coefficient (Wildman–Crippen LogP) is 2.50. The van der Waals surface area contributed by atoms with Crippen LogP contribution in [-0.2, 0) is 14.8 Å². The Morgan fingerprint density at radius 1 is 1.15 bits per heavy atom. The molecule has 1 aromatic heterocycles. The van der Waals surface area contributed by atoms with E-state index in [4.69, 9.17) is 11.6 Å². The second-order valence-electron chi connectivity index (χ2n) is 5.79. The third kappa shape index (κ3) is 4.60. The SMILES string of the molecule is O=C(CSc1ncccc1Cl)N1CCN(S(=O)(=O)c2ccccc2F)CC1. The molecule has 0 N–H and O–H groups in total. The smallest absolute Gasteiger partial charge is 0.246 e. The Balaban J connectivity index is 1.58. The lowest BCUT2D eigenvalue weighted by Gasteiger charge is -2.34. The van der Waals surface area contributed by atoms with Crippen molar-refractivity contribution in [3.8, 4) is 0 Å². The van der Waals surface area contributed by atoms with Gasteiger partial charge in [0.1, 0.15) is 15.7 Å². The summed E-state index contributed by atoms with van der Waals surface area (Å²) in [5.41, 5.74) is 0. The highest BCUT2D eigenvalue weighted by Gasteiger charge is 2.31. The molecule has 0 spiro atoms. The van der Waals surface area contributed by atoms with Crippen molar-refractivity contribution in [1.82, 2.24) is 14.2 Å². The molecule has 1 aromatic carbocycles. The Morgan fingerprint density at radius 2 is 1.85 bits per heavy atom. The number of halogens is 2. The van der Waals surface area contributed by atoms with E-state index in [1.54, 1.807) is 23.2 Å². The first-order valence-electron chi connectivity index (χ1n) is 8.15. The van der Waals surface area contributed by atoms with Gasteiger partial charge >= 0.3 is 0 Å². The van der Waals surface area contributed by atoms with Crippen LogP contribution in [0.1, 0.15) is 0 Å². The Hall–Kier alpha value is -1.68. The van der Waals surface area contributed by atoms with Gasteiger partial charge in [0, 0.05) is 32.4 Å². The van der Waals surface area contributed by atoms with Crippen molar-refractivity contribution in [3.63, 3.8) is 0 Å². The lowest BCUT2D eigenvalue weighted by Crippen LogP contribution is -2.51. The van der Waals surface area contributed by atoms with E-state index in [1.807, 2.05) is 0 Å². The summed E-state index contributed by atoms with van der Waals surface area (Å²) in [4.78, 5) is 17.7. The van der Waals surface area contributed by atoms with Crippen molar-refractivity contribution in [2.75, 3.05) is 31.9 Å². The maximum atomic E-state index is 13.8. The van der Waals surface area contributed by atoms with Crippen LogP contribution in [0.25, 0.3) is 0 Å². The largest absolute Gasteiger partial charge is 0.339 e. The molecule has 2 heterocycles. The predicted molar refractivity (Wildman–Crippen MR) is 102 cm³/mol. The average Bonchev–Trinajstić information content (AvgIpc) is 2.67. The highest BCUT2D eigenvalue weighted by atomic mass is 35.5. The van der Waals surface area contributed by atoms with Crippen molar-refractivity contribution in [1.29, 1.82) is 0 Å². The number of carbonyl (C=O) groups is 1. The molecule has 0 bridgehead atoms. The fourth-order valence-electron chi connectivity index (χ4n) is 2.67. The van der Waals surface area contributed by atoms with Crippen molar-refractivity contribution in [3.05, 3.63) is 53.4 Å². The summed E-state index contributed by atoms with van der Waals surface area (Å²) in [6.45, 7) is 0.751. The number of hydrogen-bond donors (Lipinski definition) is 0. The molecule has 10 heteroatoms. The maximum Gasteiger partial charge on any atom is 0.246 e. The number of benzene rings is 1. The normalized spacial score (nSPS) is 15.7. The zero-order valence-electron chi connectivity index (χ0n) is 14.2. The van der Waals surface area contributed by atoms with Gasteiger partial charge in [-0.1, -0.05) is 35.5 Å². The molecule has 1 fully saturated rings. The molecule has 1 amide bonds. The van der Waals surface area contributed by atoms with E-state index in [0.29, 0.717) is 10.0 Å². The van der Waals surface area contributed by atoms with Crippen LogP contribution < -0.4 is 0 Å². The highest BCUT2D eigenvalue weighted by molar-refractivity contribution is 8.00. The minimum Gasteiger partial charge on any atom is -0.339 e. The zero-order valence-corrected chi connectivity index (χ0v) is 16.6. The summed E-state index contributed by atoms with van der Waals surface area (Å²) in [6.07, 6.45) is 1.60. The number of carbonyl (C=O) groups excluding carboxylic acids is 1. The Labute approximate surface area is 166 Å². The molecule has 1 aliphatic heterocycles.